The Morgan fingerprint density at radius 2 is 2.06 bits per heavy atom. The first-order valence-electron chi connectivity index (χ1n) is 5.82. The third-order valence-corrected chi connectivity index (χ3v) is 3.22. The van der Waals surface area contributed by atoms with Crippen molar-refractivity contribution in [1.82, 2.24) is 10.3 Å². The van der Waals surface area contributed by atoms with E-state index < -0.39 is 4.92 Å². The molecule has 1 heterocycles. The maximum Gasteiger partial charge on any atom is 0.321 e. The molecule has 1 aromatic heterocycles. The summed E-state index contributed by atoms with van der Waals surface area (Å²) in [4.78, 5) is 23.9. The Hall–Kier alpha value is -1.12. The number of halogens is 1. The lowest BCUT2D eigenvalue weighted by Gasteiger charge is -2.02. The summed E-state index contributed by atoms with van der Waals surface area (Å²) in [5.41, 5.74) is 0.231. The van der Waals surface area contributed by atoms with Crippen LogP contribution in [0.2, 0.25) is 0 Å². The summed E-state index contributed by atoms with van der Waals surface area (Å²) in [6, 6.07) is 2.71. The lowest BCUT2D eigenvalue weighted by atomic mass is 10.2. The quantitative estimate of drug-likeness (QED) is 0.244. The van der Waals surface area contributed by atoms with Crippen LogP contribution in [-0.2, 0) is 0 Å². The summed E-state index contributed by atoms with van der Waals surface area (Å²) in [6.07, 6.45) is 4.41. The topological polar surface area (TPSA) is 88.0 Å². The molecule has 1 aromatic rings. The van der Waals surface area contributed by atoms with Crippen LogP contribution in [0.3, 0.4) is 0 Å². The molecule has 0 spiro atoms. The number of aromatic amines is 1. The van der Waals surface area contributed by atoms with Gasteiger partial charge in [0.1, 0.15) is 0 Å². The highest BCUT2D eigenvalue weighted by Gasteiger charge is 2.14. The maximum atomic E-state index is 11.6. The second-order valence-corrected chi connectivity index (χ2v) is 4.95. The number of carbonyl (C=O) groups excluding carboxylic acids is 1. The van der Waals surface area contributed by atoms with Crippen LogP contribution in [0.15, 0.2) is 12.1 Å². The molecule has 0 aromatic carbocycles. The van der Waals surface area contributed by atoms with E-state index in [9.17, 15) is 14.9 Å². The average molecular weight is 365 g/mol. The van der Waals surface area contributed by atoms with Crippen molar-refractivity contribution in [2.45, 2.75) is 25.7 Å². The molecule has 0 unspecified atom stereocenters. The molecule has 1 rings (SSSR count). The number of nitro groups is 1. The van der Waals surface area contributed by atoms with Gasteiger partial charge in [0.25, 0.3) is 5.91 Å². The van der Waals surface area contributed by atoms with Crippen LogP contribution in [-0.4, -0.2) is 26.8 Å². The minimum atomic E-state index is -0.555. The first-order chi connectivity index (χ1) is 8.65. The van der Waals surface area contributed by atoms with Crippen molar-refractivity contribution in [3.8, 4) is 0 Å². The third kappa shape index (κ3) is 5.03. The van der Waals surface area contributed by atoms with Gasteiger partial charge in [0.05, 0.1) is 0 Å². The van der Waals surface area contributed by atoms with Gasteiger partial charge in [-0.05, 0) is 28.3 Å². The number of hydrogen-bond donors (Lipinski definition) is 2. The maximum absolute atomic E-state index is 11.6. The molecule has 100 valence electrons. The molecule has 7 heteroatoms. The van der Waals surface area contributed by atoms with Crippen LogP contribution in [0.5, 0.6) is 0 Å². The molecule has 0 atom stereocenters. The number of H-pyrrole nitrogens is 1. The van der Waals surface area contributed by atoms with Gasteiger partial charge in [-0.1, -0.05) is 35.4 Å². The summed E-state index contributed by atoms with van der Waals surface area (Å²) in [5, 5.41) is 13.2. The van der Waals surface area contributed by atoms with E-state index in [1.54, 1.807) is 0 Å². The molecule has 1 amide bonds. The molecule has 2 N–H and O–H groups in total. The van der Waals surface area contributed by atoms with Gasteiger partial charge in [0.15, 0.2) is 5.69 Å². The third-order valence-electron chi connectivity index (χ3n) is 2.46. The van der Waals surface area contributed by atoms with Crippen LogP contribution in [0, 0.1) is 10.1 Å². The Labute approximate surface area is 119 Å². The zero-order valence-corrected chi connectivity index (χ0v) is 12.1. The molecule has 18 heavy (non-hydrogen) atoms. The summed E-state index contributed by atoms with van der Waals surface area (Å²) in [5.74, 6) is -0.459. The van der Waals surface area contributed by atoms with Gasteiger partial charge in [-0.15, -0.1) is 0 Å². The van der Waals surface area contributed by atoms with Crippen molar-refractivity contribution in [3.63, 3.8) is 0 Å². The smallest absolute Gasteiger partial charge is 0.321 e. The van der Waals surface area contributed by atoms with Gasteiger partial charge in [-0.3, -0.25) is 4.79 Å². The van der Waals surface area contributed by atoms with Gasteiger partial charge in [0, 0.05) is 12.6 Å². The molecular formula is C11H16IN3O3. The summed E-state index contributed by atoms with van der Waals surface area (Å²) in [7, 11) is 0. The second kappa shape index (κ2) is 8.06. The number of nitrogens with zero attached hydrogens (tertiary/aromatic N) is 1. The van der Waals surface area contributed by atoms with Gasteiger partial charge in [-0.2, -0.15) is 0 Å². The molecule has 0 aliphatic heterocycles. The SMILES string of the molecule is O=C(NCCCCCCI)c1ccc([N+](=O)[O-])[nH]1. The van der Waals surface area contributed by atoms with E-state index in [4.69, 9.17) is 0 Å². The average Bonchev–Trinajstić information content (AvgIpc) is 2.83. The van der Waals surface area contributed by atoms with Crippen LogP contribution in [0.4, 0.5) is 5.82 Å². The fraction of sp³-hybridized carbons (Fsp3) is 0.545. The van der Waals surface area contributed by atoms with Gasteiger partial charge >= 0.3 is 5.82 Å². The molecule has 0 saturated carbocycles. The number of alkyl halides is 1. The van der Waals surface area contributed by atoms with Crippen LogP contribution in [0.1, 0.15) is 36.2 Å². The fourth-order valence-corrected chi connectivity index (χ4v) is 2.03. The second-order valence-electron chi connectivity index (χ2n) is 3.87. The minimum absolute atomic E-state index is 0.165. The molecule has 0 aliphatic carbocycles. The molecule has 6 nitrogen and oxygen atoms in total. The number of amides is 1. The lowest BCUT2D eigenvalue weighted by Crippen LogP contribution is -2.24. The van der Waals surface area contributed by atoms with Gasteiger partial charge < -0.3 is 15.4 Å². The Morgan fingerprint density at radius 1 is 1.33 bits per heavy atom. The number of hydrogen-bond acceptors (Lipinski definition) is 3. The van der Waals surface area contributed by atoms with E-state index in [0.29, 0.717) is 6.54 Å². The van der Waals surface area contributed by atoms with E-state index in [2.05, 4.69) is 32.9 Å². The van der Waals surface area contributed by atoms with Crippen molar-refractivity contribution < 1.29 is 9.72 Å². The Kier molecular flexibility index (Phi) is 6.69. The van der Waals surface area contributed by atoms with E-state index in [-0.39, 0.29) is 17.4 Å². The summed E-state index contributed by atoms with van der Waals surface area (Å²) >= 11 is 2.35. The van der Waals surface area contributed by atoms with Crippen molar-refractivity contribution in [2.24, 2.45) is 0 Å². The number of unbranched alkanes of at least 4 members (excludes halogenated alkanes) is 3. The molecule has 0 bridgehead atoms. The first-order valence-corrected chi connectivity index (χ1v) is 7.35. The monoisotopic (exact) mass is 365 g/mol. The number of nitrogens with one attached hydrogen (secondary N) is 2. The minimum Gasteiger partial charge on any atom is -0.358 e. The Morgan fingerprint density at radius 3 is 2.67 bits per heavy atom. The number of carbonyl (C=O) groups is 1. The number of aromatic nitrogens is 1. The zero-order chi connectivity index (χ0) is 13.4. The Balaban J connectivity index is 2.25. The van der Waals surface area contributed by atoms with Crippen molar-refractivity contribution >= 4 is 34.3 Å². The molecule has 0 fully saturated rings. The van der Waals surface area contributed by atoms with Gasteiger partial charge in [-0.25, -0.2) is 4.98 Å². The van der Waals surface area contributed by atoms with Gasteiger partial charge in [0.2, 0.25) is 0 Å². The summed E-state index contributed by atoms with van der Waals surface area (Å²) < 4.78 is 1.16. The van der Waals surface area contributed by atoms with Crippen molar-refractivity contribution in [2.75, 3.05) is 11.0 Å². The predicted molar refractivity (Wildman–Crippen MR) is 77.1 cm³/mol. The fourth-order valence-electron chi connectivity index (χ4n) is 1.49. The van der Waals surface area contributed by atoms with E-state index >= 15 is 0 Å². The molecule has 0 aliphatic rings. The highest BCUT2D eigenvalue weighted by molar-refractivity contribution is 14.1. The number of rotatable bonds is 8. The van der Waals surface area contributed by atoms with E-state index in [0.717, 1.165) is 17.3 Å². The Bertz CT molecular complexity index is 406. The highest BCUT2D eigenvalue weighted by Crippen LogP contribution is 2.09. The molecule has 0 saturated heterocycles. The van der Waals surface area contributed by atoms with E-state index in [1.165, 1.54) is 25.0 Å². The van der Waals surface area contributed by atoms with Crippen LogP contribution in [0.25, 0.3) is 0 Å². The largest absolute Gasteiger partial charge is 0.358 e. The molecule has 0 radical (unpaired) electrons. The highest BCUT2D eigenvalue weighted by atomic mass is 127. The van der Waals surface area contributed by atoms with Crippen LogP contribution < -0.4 is 5.32 Å². The lowest BCUT2D eigenvalue weighted by molar-refractivity contribution is -0.389. The first kappa shape index (κ1) is 14.9. The normalized spacial score (nSPS) is 10.3. The molecular weight excluding hydrogens is 349 g/mol. The predicted octanol–water partition coefficient (Wildman–Crippen LogP) is 2.65. The standard InChI is InChI=1S/C11H16IN3O3/c12-7-3-1-2-4-8-13-11(16)9-5-6-10(14-9)15(17)18/h5-6,14H,1-4,7-8H2,(H,13,16). The van der Waals surface area contributed by atoms with Crippen molar-refractivity contribution in [3.05, 3.63) is 27.9 Å². The zero-order valence-electron chi connectivity index (χ0n) is 9.95. The van der Waals surface area contributed by atoms with Crippen molar-refractivity contribution in [1.29, 1.82) is 0 Å². The van der Waals surface area contributed by atoms with Crippen LogP contribution >= 0.6 is 22.6 Å². The van der Waals surface area contributed by atoms with E-state index in [1.807, 2.05) is 0 Å². The summed E-state index contributed by atoms with van der Waals surface area (Å²) in [6.45, 7) is 0.604.